The smallest absolute Gasteiger partial charge is 0.336 e. The van der Waals surface area contributed by atoms with Gasteiger partial charge in [-0.2, -0.15) is 0 Å². The number of esters is 2. The molecule has 0 fully saturated rings. The predicted molar refractivity (Wildman–Crippen MR) is 116 cm³/mol. The fraction of sp³-hybridized carbons (Fsp3) is 0.348. The summed E-state index contributed by atoms with van der Waals surface area (Å²) in [6.45, 7) is 9.16. The molecule has 1 N–H and O–H groups in total. The van der Waals surface area contributed by atoms with Gasteiger partial charge in [0.25, 0.3) is 0 Å². The number of aryl methyl sites for hydroxylation is 1. The summed E-state index contributed by atoms with van der Waals surface area (Å²) in [5, 5.41) is 7.94. The van der Waals surface area contributed by atoms with Crippen molar-refractivity contribution in [3.8, 4) is 11.3 Å². The molecule has 8 heteroatoms. The van der Waals surface area contributed by atoms with Crippen LogP contribution in [0.4, 0.5) is 0 Å². The van der Waals surface area contributed by atoms with Crippen LogP contribution in [0.1, 0.15) is 44.9 Å². The Morgan fingerprint density at radius 2 is 1.52 bits per heavy atom. The first-order valence-electron chi connectivity index (χ1n) is 10.0. The molecule has 0 radical (unpaired) electrons. The normalized spacial score (nSPS) is 14.5. The van der Waals surface area contributed by atoms with Crippen molar-refractivity contribution < 1.29 is 23.6 Å². The highest BCUT2D eigenvalue weighted by atomic mass is 35.5. The summed E-state index contributed by atoms with van der Waals surface area (Å²) in [7, 11) is 0. The molecule has 0 saturated carbocycles. The number of carbonyl (C=O) groups excluding carboxylic acids is 2. The van der Waals surface area contributed by atoms with Crippen LogP contribution in [-0.2, 0) is 19.1 Å². The molecule has 31 heavy (non-hydrogen) atoms. The van der Waals surface area contributed by atoms with Crippen LogP contribution in [0.3, 0.4) is 0 Å². The van der Waals surface area contributed by atoms with Crippen molar-refractivity contribution in [3.05, 3.63) is 63.2 Å². The van der Waals surface area contributed by atoms with Gasteiger partial charge in [0.2, 0.25) is 0 Å². The summed E-state index contributed by atoms with van der Waals surface area (Å²) in [4.78, 5) is 26.0. The average molecular weight is 445 g/mol. The maximum absolute atomic E-state index is 13.0. The SMILES string of the molecule is CCOC(=O)C1=C(C)NC(C)=C(C(=O)OCC)C1c1c(-c2ccc(Cl)cc2)noc1C. The average Bonchev–Trinajstić information content (AvgIpc) is 3.09. The van der Waals surface area contributed by atoms with E-state index in [1.54, 1.807) is 46.8 Å². The van der Waals surface area contributed by atoms with Crippen LogP contribution < -0.4 is 5.32 Å². The quantitative estimate of drug-likeness (QED) is 0.647. The lowest BCUT2D eigenvalue weighted by Gasteiger charge is -2.30. The van der Waals surface area contributed by atoms with Gasteiger partial charge in [-0.25, -0.2) is 9.59 Å². The van der Waals surface area contributed by atoms with Crippen molar-refractivity contribution in [2.45, 2.75) is 40.5 Å². The number of allylic oxidation sites excluding steroid dienone is 2. The molecule has 2 aromatic rings. The van der Waals surface area contributed by atoms with Crippen molar-refractivity contribution in [3.63, 3.8) is 0 Å². The zero-order valence-electron chi connectivity index (χ0n) is 18.2. The number of hydrogen-bond acceptors (Lipinski definition) is 7. The van der Waals surface area contributed by atoms with Gasteiger partial charge in [-0.1, -0.05) is 28.9 Å². The first kappa shape index (κ1) is 22.6. The standard InChI is InChI=1S/C23H25ClN2O5/c1-6-29-22(27)17-12(3)25-13(4)18(23(28)30-7-2)20(17)19-14(5)31-26-21(19)15-8-10-16(24)11-9-15/h8-11,20,25H,6-7H2,1-5H3. The van der Waals surface area contributed by atoms with Crippen LogP contribution in [0.15, 0.2) is 51.3 Å². The van der Waals surface area contributed by atoms with Crippen molar-refractivity contribution in [1.82, 2.24) is 10.5 Å². The maximum Gasteiger partial charge on any atom is 0.336 e. The summed E-state index contributed by atoms with van der Waals surface area (Å²) >= 11 is 6.04. The Hall–Kier alpha value is -3.06. The zero-order valence-corrected chi connectivity index (χ0v) is 18.9. The van der Waals surface area contributed by atoms with E-state index in [1.165, 1.54) is 0 Å². The molecule has 1 aliphatic heterocycles. The zero-order chi connectivity index (χ0) is 22.7. The summed E-state index contributed by atoms with van der Waals surface area (Å²) in [5.74, 6) is -1.32. The van der Waals surface area contributed by atoms with E-state index in [0.717, 1.165) is 5.56 Å². The van der Waals surface area contributed by atoms with Crippen LogP contribution >= 0.6 is 11.6 Å². The highest BCUT2D eigenvalue weighted by Gasteiger charge is 2.41. The first-order chi connectivity index (χ1) is 14.8. The van der Waals surface area contributed by atoms with Crippen molar-refractivity contribution in [2.75, 3.05) is 13.2 Å². The molecule has 0 saturated heterocycles. The van der Waals surface area contributed by atoms with Gasteiger partial charge < -0.3 is 19.3 Å². The molecule has 7 nitrogen and oxygen atoms in total. The second kappa shape index (κ2) is 9.39. The van der Waals surface area contributed by atoms with E-state index in [1.807, 2.05) is 12.1 Å². The number of rotatable bonds is 6. The van der Waals surface area contributed by atoms with Gasteiger partial charge >= 0.3 is 11.9 Å². The minimum absolute atomic E-state index is 0.201. The third-order valence-corrected chi connectivity index (χ3v) is 5.32. The molecule has 0 spiro atoms. The Morgan fingerprint density at radius 1 is 1.00 bits per heavy atom. The van der Waals surface area contributed by atoms with Gasteiger partial charge in [0.1, 0.15) is 11.5 Å². The topological polar surface area (TPSA) is 90.7 Å². The Bertz CT molecular complexity index is 1030. The van der Waals surface area contributed by atoms with E-state index in [9.17, 15) is 9.59 Å². The molecule has 1 aliphatic rings. The molecule has 0 unspecified atom stereocenters. The Labute approximate surface area is 186 Å². The van der Waals surface area contributed by atoms with Crippen LogP contribution in [0.2, 0.25) is 5.02 Å². The van der Waals surface area contributed by atoms with Crippen molar-refractivity contribution in [2.24, 2.45) is 0 Å². The van der Waals surface area contributed by atoms with Crippen LogP contribution in [0.25, 0.3) is 11.3 Å². The fourth-order valence-electron chi connectivity index (χ4n) is 3.78. The highest BCUT2D eigenvalue weighted by molar-refractivity contribution is 6.30. The number of nitrogens with zero attached hydrogens (tertiary/aromatic N) is 1. The number of dihydropyridines is 1. The third kappa shape index (κ3) is 4.37. The lowest BCUT2D eigenvalue weighted by Crippen LogP contribution is -2.33. The lowest BCUT2D eigenvalue weighted by atomic mass is 9.78. The molecule has 1 aromatic heterocycles. The number of nitrogens with one attached hydrogen (secondary N) is 1. The van der Waals surface area contributed by atoms with Crippen LogP contribution in [0, 0.1) is 6.92 Å². The monoisotopic (exact) mass is 444 g/mol. The van der Waals surface area contributed by atoms with Gasteiger partial charge in [-0.05, 0) is 46.8 Å². The van der Waals surface area contributed by atoms with E-state index in [-0.39, 0.29) is 13.2 Å². The van der Waals surface area contributed by atoms with Gasteiger partial charge in [0, 0.05) is 27.5 Å². The van der Waals surface area contributed by atoms with Gasteiger partial charge in [-0.3, -0.25) is 0 Å². The summed E-state index contributed by atoms with van der Waals surface area (Å²) in [6, 6.07) is 7.11. The number of hydrogen-bond donors (Lipinski definition) is 1. The largest absolute Gasteiger partial charge is 0.463 e. The Balaban J connectivity index is 2.27. The molecule has 164 valence electrons. The minimum atomic E-state index is -0.767. The van der Waals surface area contributed by atoms with E-state index in [0.29, 0.717) is 44.6 Å². The predicted octanol–water partition coefficient (Wildman–Crippen LogP) is 4.66. The molecular formula is C23H25ClN2O5. The fourth-order valence-corrected chi connectivity index (χ4v) is 3.90. The van der Waals surface area contributed by atoms with Crippen LogP contribution in [-0.4, -0.2) is 30.3 Å². The number of carbonyl (C=O) groups is 2. The van der Waals surface area contributed by atoms with Gasteiger partial charge in [-0.15, -0.1) is 0 Å². The molecule has 0 bridgehead atoms. The number of aromatic nitrogens is 1. The van der Waals surface area contributed by atoms with Gasteiger partial charge in [0.15, 0.2) is 0 Å². The minimum Gasteiger partial charge on any atom is -0.463 e. The van der Waals surface area contributed by atoms with E-state index < -0.39 is 17.9 Å². The number of halogens is 1. The number of ether oxygens (including phenoxy) is 2. The highest BCUT2D eigenvalue weighted by Crippen LogP contribution is 2.44. The third-order valence-electron chi connectivity index (χ3n) is 5.07. The molecule has 1 aromatic carbocycles. The second-order valence-electron chi connectivity index (χ2n) is 7.08. The summed E-state index contributed by atoms with van der Waals surface area (Å²) < 4.78 is 16.2. The Morgan fingerprint density at radius 3 is 2.00 bits per heavy atom. The second-order valence-corrected chi connectivity index (χ2v) is 7.52. The first-order valence-corrected chi connectivity index (χ1v) is 10.4. The lowest BCUT2D eigenvalue weighted by molar-refractivity contribution is -0.139. The molecule has 0 atom stereocenters. The maximum atomic E-state index is 13.0. The van der Waals surface area contributed by atoms with Crippen LogP contribution in [0.5, 0.6) is 0 Å². The molecule has 0 amide bonds. The summed E-state index contributed by atoms with van der Waals surface area (Å²) in [6.07, 6.45) is 0. The molecule has 3 rings (SSSR count). The van der Waals surface area contributed by atoms with Gasteiger partial charge in [0.05, 0.1) is 30.3 Å². The Kier molecular flexibility index (Phi) is 6.85. The van der Waals surface area contributed by atoms with E-state index in [4.69, 9.17) is 25.6 Å². The summed E-state index contributed by atoms with van der Waals surface area (Å²) in [5.41, 5.74) is 3.69. The van der Waals surface area contributed by atoms with Crippen molar-refractivity contribution >= 4 is 23.5 Å². The van der Waals surface area contributed by atoms with E-state index in [2.05, 4.69) is 10.5 Å². The van der Waals surface area contributed by atoms with E-state index >= 15 is 0 Å². The van der Waals surface area contributed by atoms with Crippen molar-refractivity contribution in [1.29, 1.82) is 0 Å². The number of benzene rings is 1. The molecular weight excluding hydrogens is 420 g/mol. The molecule has 2 heterocycles. The molecule has 0 aliphatic carbocycles.